The fourth-order valence-electron chi connectivity index (χ4n) is 5.29. The number of nitrogens with zero attached hydrogens (tertiary/aromatic N) is 3. The molecule has 5 rings (SSSR count). The largest absolute Gasteiger partial charge is 0.492 e. The SMILES string of the molecule is Cc1ccc(C(C)CCN2CCOc3ccc(CN4CCC(O)(c5cccnc5)CC4)cc3C2)o1. The second kappa shape index (κ2) is 10.5. The van der Waals surface area contributed by atoms with E-state index in [2.05, 4.69) is 46.0 Å². The Bertz CT molecular complexity index is 1110. The van der Waals surface area contributed by atoms with Crippen molar-refractivity contribution < 1.29 is 14.3 Å². The van der Waals surface area contributed by atoms with Crippen LogP contribution in [-0.4, -0.2) is 52.7 Å². The van der Waals surface area contributed by atoms with E-state index in [1.165, 1.54) is 11.1 Å². The molecule has 2 aliphatic heterocycles. The number of piperidine rings is 1. The minimum Gasteiger partial charge on any atom is -0.492 e. The number of pyridine rings is 1. The van der Waals surface area contributed by atoms with Gasteiger partial charge >= 0.3 is 0 Å². The van der Waals surface area contributed by atoms with Crippen molar-refractivity contribution in [3.8, 4) is 5.75 Å². The number of aryl methyl sites for hydroxylation is 1. The minimum absolute atomic E-state index is 0.406. The van der Waals surface area contributed by atoms with E-state index in [1.54, 1.807) is 12.4 Å². The van der Waals surface area contributed by atoms with E-state index in [0.717, 1.165) is 88.0 Å². The average molecular weight is 476 g/mol. The number of fused-ring (bicyclic) bond motifs is 1. The molecule has 2 aromatic heterocycles. The second-order valence-corrected chi connectivity index (χ2v) is 10.3. The summed E-state index contributed by atoms with van der Waals surface area (Å²) >= 11 is 0. The van der Waals surface area contributed by atoms with Crippen molar-refractivity contribution in [2.75, 3.05) is 32.8 Å². The zero-order valence-electron chi connectivity index (χ0n) is 20.9. The number of hydrogen-bond acceptors (Lipinski definition) is 6. The number of aromatic nitrogens is 1. The van der Waals surface area contributed by atoms with E-state index in [1.807, 2.05) is 25.1 Å². The summed E-state index contributed by atoms with van der Waals surface area (Å²) in [7, 11) is 0. The lowest BCUT2D eigenvalue weighted by Crippen LogP contribution is -2.42. The Morgan fingerprint density at radius 3 is 2.69 bits per heavy atom. The maximum Gasteiger partial charge on any atom is 0.123 e. The predicted octanol–water partition coefficient (Wildman–Crippen LogP) is 4.85. The molecule has 6 heteroatoms. The zero-order chi connectivity index (χ0) is 24.3. The molecule has 1 saturated heterocycles. The Morgan fingerprint density at radius 1 is 1.09 bits per heavy atom. The highest BCUT2D eigenvalue weighted by Gasteiger charge is 2.34. The van der Waals surface area contributed by atoms with Crippen LogP contribution >= 0.6 is 0 Å². The second-order valence-electron chi connectivity index (χ2n) is 10.3. The number of hydrogen-bond donors (Lipinski definition) is 1. The Hall–Kier alpha value is -2.67. The molecule has 0 aliphatic carbocycles. The summed E-state index contributed by atoms with van der Waals surface area (Å²) in [4.78, 5) is 9.13. The Morgan fingerprint density at radius 2 is 1.94 bits per heavy atom. The first kappa shape index (κ1) is 24.0. The molecule has 1 N–H and O–H groups in total. The molecule has 4 heterocycles. The number of furan rings is 1. The highest BCUT2D eigenvalue weighted by atomic mass is 16.5. The number of aliphatic hydroxyl groups is 1. The van der Waals surface area contributed by atoms with Crippen molar-refractivity contribution in [2.45, 2.75) is 57.7 Å². The van der Waals surface area contributed by atoms with Gasteiger partial charge in [0.15, 0.2) is 0 Å². The van der Waals surface area contributed by atoms with Crippen molar-refractivity contribution in [2.24, 2.45) is 0 Å². The van der Waals surface area contributed by atoms with Gasteiger partial charge in [0.05, 0.1) is 5.60 Å². The predicted molar refractivity (Wildman–Crippen MR) is 136 cm³/mol. The summed E-state index contributed by atoms with van der Waals surface area (Å²) < 4.78 is 11.9. The molecule has 186 valence electrons. The molecule has 6 nitrogen and oxygen atoms in total. The van der Waals surface area contributed by atoms with Crippen molar-refractivity contribution >= 4 is 0 Å². The fraction of sp³-hybridized carbons (Fsp3) is 0.483. The van der Waals surface area contributed by atoms with Crippen LogP contribution in [0.2, 0.25) is 0 Å². The fourth-order valence-corrected chi connectivity index (χ4v) is 5.29. The van der Waals surface area contributed by atoms with E-state index in [9.17, 15) is 5.11 Å². The third-order valence-electron chi connectivity index (χ3n) is 7.60. The number of benzene rings is 1. The molecular formula is C29H37N3O3. The van der Waals surface area contributed by atoms with Gasteiger partial charge in [-0.25, -0.2) is 0 Å². The summed E-state index contributed by atoms with van der Waals surface area (Å²) in [6.07, 6.45) is 6.08. The Kier molecular flexibility index (Phi) is 7.23. The van der Waals surface area contributed by atoms with Gasteiger partial charge in [-0.1, -0.05) is 19.1 Å². The zero-order valence-corrected chi connectivity index (χ0v) is 20.9. The average Bonchev–Trinajstić information content (AvgIpc) is 3.21. The topological polar surface area (TPSA) is 62.0 Å². The lowest BCUT2D eigenvalue weighted by atomic mass is 9.85. The van der Waals surface area contributed by atoms with Gasteiger partial charge in [-0.3, -0.25) is 14.8 Å². The highest BCUT2D eigenvalue weighted by molar-refractivity contribution is 5.38. The molecule has 0 spiro atoms. The molecule has 0 bridgehead atoms. The molecule has 0 saturated carbocycles. The Balaban J connectivity index is 1.17. The van der Waals surface area contributed by atoms with Crippen LogP contribution in [0.5, 0.6) is 5.75 Å². The summed E-state index contributed by atoms with van der Waals surface area (Å²) in [5, 5.41) is 11.1. The van der Waals surface area contributed by atoms with Gasteiger partial charge in [-0.15, -0.1) is 0 Å². The van der Waals surface area contributed by atoms with Crippen LogP contribution in [0, 0.1) is 6.92 Å². The van der Waals surface area contributed by atoms with Crippen LogP contribution in [-0.2, 0) is 18.7 Å². The van der Waals surface area contributed by atoms with Gasteiger partial charge < -0.3 is 14.3 Å². The summed E-state index contributed by atoms with van der Waals surface area (Å²) in [6.45, 7) is 10.5. The van der Waals surface area contributed by atoms with Crippen LogP contribution in [0.15, 0.2) is 59.3 Å². The van der Waals surface area contributed by atoms with Gasteiger partial charge in [0.1, 0.15) is 23.9 Å². The first-order valence-corrected chi connectivity index (χ1v) is 12.9. The quantitative estimate of drug-likeness (QED) is 0.527. The smallest absolute Gasteiger partial charge is 0.123 e. The van der Waals surface area contributed by atoms with E-state index in [-0.39, 0.29) is 0 Å². The number of rotatable bonds is 7. The van der Waals surface area contributed by atoms with Crippen molar-refractivity contribution in [1.82, 2.24) is 14.8 Å². The molecule has 0 radical (unpaired) electrons. The van der Waals surface area contributed by atoms with Gasteiger partial charge in [-0.2, -0.15) is 0 Å². The summed E-state index contributed by atoms with van der Waals surface area (Å²) in [6, 6.07) is 14.7. The highest BCUT2D eigenvalue weighted by Crippen LogP contribution is 2.33. The van der Waals surface area contributed by atoms with Crippen LogP contribution < -0.4 is 4.74 Å². The van der Waals surface area contributed by atoms with Gasteiger partial charge in [-0.05, 0) is 68.6 Å². The normalized spacial score (nSPS) is 19.5. The standard InChI is InChI=1S/C29H37N3O3/c1-22(27-7-5-23(2)35-27)9-13-31-16-17-34-28-8-6-24(18-25(28)21-31)20-32-14-10-29(33,11-15-32)26-4-3-12-30-19-26/h3-8,12,18-19,22,33H,9-11,13-17,20-21H2,1-2H3. The third-order valence-corrected chi connectivity index (χ3v) is 7.60. The van der Waals surface area contributed by atoms with Crippen molar-refractivity contribution in [3.63, 3.8) is 0 Å². The maximum absolute atomic E-state index is 11.1. The molecule has 1 unspecified atom stereocenters. The number of likely N-dealkylation sites (tertiary alicyclic amines) is 1. The summed E-state index contributed by atoms with van der Waals surface area (Å²) in [5.41, 5.74) is 2.74. The van der Waals surface area contributed by atoms with E-state index < -0.39 is 5.60 Å². The van der Waals surface area contributed by atoms with Crippen molar-refractivity contribution in [1.29, 1.82) is 0 Å². The van der Waals surface area contributed by atoms with E-state index in [0.29, 0.717) is 5.92 Å². The van der Waals surface area contributed by atoms with Gasteiger partial charge in [0.25, 0.3) is 0 Å². The lowest BCUT2D eigenvalue weighted by molar-refractivity contribution is -0.0279. The third kappa shape index (κ3) is 5.77. The van der Waals surface area contributed by atoms with E-state index >= 15 is 0 Å². The lowest BCUT2D eigenvalue weighted by Gasteiger charge is -2.38. The monoisotopic (exact) mass is 475 g/mol. The van der Waals surface area contributed by atoms with Gasteiger partial charge in [0, 0.05) is 62.2 Å². The van der Waals surface area contributed by atoms with Crippen LogP contribution in [0.1, 0.15) is 60.3 Å². The maximum atomic E-state index is 11.1. The molecule has 1 fully saturated rings. The molecule has 35 heavy (non-hydrogen) atoms. The van der Waals surface area contributed by atoms with Gasteiger partial charge in [0.2, 0.25) is 0 Å². The first-order chi connectivity index (χ1) is 17.0. The van der Waals surface area contributed by atoms with Crippen LogP contribution in [0.4, 0.5) is 0 Å². The molecule has 2 aliphatic rings. The molecule has 1 atom stereocenters. The molecule has 1 aromatic carbocycles. The molecule has 3 aromatic rings. The minimum atomic E-state index is -0.766. The van der Waals surface area contributed by atoms with Crippen LogP contribution in [0.3, 0.4) is 0 Å². The van der Waals surface area contributed by atoms with Crippen molar-refractivity contribution in [3.05, 3.63) is 83.1 Å². The Labute approximate surface area is 208 Å². The first-order valence-electron chi connectivity index (χ1n) is 12.9. The number of ether oxygens (including phenoxy) is 1. The van der Waals surface area contributed by atoms with E-state index in [4.69, 9.17) is 9.15 Å². The van der Waals surface area contributed by atoms with Crippen LogP contribution in [0.25, 0.3) is 0 Å². The molecule has 0 amide bonds. The molecular weight excluding hydrogens is 438 g/mol. The summed E-state index contributed by atoms with van der Waals surface area (Å²) in [5.74, 6) is 3.47.